The zero-order valence-corrected chi connectivity index (χ0v) is 15.7. The van der Waals surface area contributed by atoms with Gasteiger partial charge in [-0.1, -0.05) is 19.3 Å². The summed E-state index contributed by atoms with van der Waals surface area (Å²) in [6, 6.07) is 3.25. The molecule has 3 N–H and O–H groups in total. The van der Waals surface area contributed by atoms with Gasteiger partial charge >= 0.3 is 12.0 Å². The first-order valence-corrected chi connectivity index (χ1v) is 9.20. The number of hydrogen-bond donors (Lipinski definition) is 3. The molecular formula is C18H24N4O6. The number of nitrogens with one attached hydrogen (secondary N) is 3. The second-order valence-electron chi connectivity index (χ2n) is 6.45. The van der Waals surface area contributed by atoms with E-state index < -0.39 is 29.4 Å². The predicted molar refractivity (Wildman–Crippen MR) is 101 cm³/mol. The molecule has 0 saturated heterocycles. The minimum atomic E-state index is -0.894. The molecule has 10 nitrogen and oxygen atoms in total. The van der Waals surface area contributed by atoms with Gasteiger partial charge in [0.05, 0.1) is 10.5 Å². The van der Waals surface area contributed by atoms with E-state index in [1.807, 2.05) is 0 Å². The number of nitro benzene ring substituents is 1. The number of benzene rings is 1. The Kier molecular flexibility index (Phi) is 7.73. The van der Waals surface area contributed by atoms with Crippen LogP contribution in [-0.2, 0) is 9.53 Å². The van der Waals surface area contributed by atoms with Gasteiger partial charge in [0, 0.05) is 18.7 Å². The van der Waals surface area contributed by atoms with E-state index in [-0.39, 0.29) is 23.0 Å². The molecule has 0 bridgehead atoms. The van der Waals surface area contributed by atoms with Gasteiger partial charge in [0.2, 0.25) is 0 Å². The third-order valence-corrected chi connectivity index (χ3v) is 4.33. The molecule has 0 unspecified atom stereocenters. The molecule has 0 atom stereocenters. The summed E-state index contributed by atoms with van der Waals surface area (Å²) in [5.41, 5.74) is -0.0541. The van der Waals surface area contributed by atoms with E-state index >= 15 is 0 Å². The number of rotatable bonds is 7. The molecule has 3 amide bonds. The number of carbonyl (C=O) groups excluding carboxylic acids is 3. The highest BCUT2D eigenvalue weighted by atomic mass is 16.6. The minimum Gasteiger partial charge on any atom is -0.452 e. The smallest absolute Gasteiger partial charge is 0.338 e. The van der Waals surface area contributed by atoms with Gasteiger partial charge in [-0.3, -0.25) is 20.2 Å². The summed E-state index contributed by atoms with van der Waals surface area (Å²) in [7, 11) is 0. The molecule has 1 fully saturated rings. The maximum atomic E-state index is 12.0. The fourth-order valence-corrected chi connectivity index (χ4v) is 3.00. The number of hydrogen-bond acceptors (Lipinski definition) is 7. The Hall–Kier alpha value is -3.17. The van der Waals surface area contributed by atoms with E-state index in [9.17, 15) is 24.5 Å². The lowest BCUT2D eigenvalue weighted by Crippen LogP contribution is -2.46. The lowest BCUT2D eigenvalue weighted by molar-refractivity contribution is -0.384. The van der Waals surface area contributed by atoms with Gasteiger partial charge in [-0.25, -0.2) is 9.59 Å². The first-order valence-electron chi connectivity index (χ1n) is 9.20. The Labute approximate surface area is 162 Å². The topological polar surface area (TPSA) is 140 Å². The SMILES string of the molecule is CCNc1ccc(C(=O)OCC(=O)NC(=O)NC2CCCCC2)cc1[N+](=O)[O-]. The number of carbonyl (C=O) groups is 3. The maximum absolute atomic E-state index is 12.0. The second-order valence-corrected chi connectivity index (χ2v) is 6.45. The first-order chi connectivity index (χ1) is 13.4. The quantitative estimate of drug-likeness (QED) is 0.367. The van der Waals surface area contributed by atoms with Crippen molar-refractivity contribution in [1.29, 1.82) is 0 Å². The van der Waals surface area contributed by atoms with Crippen molar-refractivity contribution >= 4 is 29.3 Å². The summed E-state index contributed by atoms with van der Waals surface area (Å²) in [4.78, 5) is 46.1. The van der Waals surface area contributed by atoms with Crippen molar-refractivity contribution in [2.45, 2.75) is 45.1 Å². The first kappa shape index (κ1) is 21.1. The van der Waals surface area contributed by atoms with E-state index in [4.69, 9.17) is 4.74 Å². The molecule has 1 aromatic carbocycles. The van der Waals surface area contributed by atoms with Crippen LogP contribution in [0.5, 0.6) is 0 Å². The van der Waals surface area contributed by atoms with Crippen LogP contribution in [0.3, 0.4) is 0 Å². The third-order valence-electron chi connectivity index (χ3n) is 4.33. The van der Waals surface area contributed by atoms with Crippen LogP contribution >= 0.6 is 0 Å². The minimum absolute atomic E-state index is 0.0416. The Bertz CT molecular complexity index is 746. The largest absolute Gasteiger partial charge is 0.452 e. The molecular weight excluding hydrogens is 368 g/mol. The number of nitro groups is 1. The van der Waals surface area contributed by atoms with Gasteiger partial charge in [-0.05, 0) is 31.9 Å². The molecule has 1 saturated carbocycles. The van der Waals surface area contributed by atoms with Gasteiger partial charge in [-0.2, -0.15) is 0 Å². The van der Waals surface area contributed by atoms with Crippen molar-refractivity contribution in [2.75, 3.05) is 18.5 Å². The molecule has 28 heavy (non-hydrogen) atoms. The molecule has 0 radical (unpaired) electrons. The summed E-state index contributed by atoms with van der Waals surface area (Å²) in [5, 5.41) is 18.8. The lowest BCUT2D eigenvalue weighted by atomic mass is 9.96. The van der Waals surface area contributed by atoms with Crippen LogP contribution in [0.4, 0.5) is 16.2 Å². The fraction of sp³-hybridized carbons (Fsp3) is 0.500. The molecule has 152 valence electrons. The zero-order valence-electron chi connectivity index (χ0n) is 15.7. The second kappa shape index (κ2) is 10.2. The number of esters is 1. The number of imide groups is 1. The van der Waals surface area contributed by atoms with Gasteiger partial charge in [0.25, 0.3) is 11.6 Å². The molecule has 0 heterocycles. The van der Waals surface area contributed by atoms with E-state index in [0.717, 1.165) is 38.2 Å². The van der Waals surface area contributed by atoms with Crippen molar-refractivity contribution in [1.82, 2.24) is 10.6 Å². The summed E-state index contributed by atoms with van der Waals surface area (Å²) in [6.07, 6.45) is 4.96. The highest BCUT2D eigenvalue weighted by Crippen LogP contribution is 2.25. The van der Waals surface area contributed by atoms with E-state index in [1.165, 1.54) is 12.1 Å². The number of urea groups is 1. The number of anilines is 1. The van der Waals surface area contributed by atoms with Gasteiger partial charge in [0.1, 0.15) is 5.69 Å². The molecule has 1 aliphatic rings. The molecule has 1 aliphatic carbocycles. The third kappa shape index (κ3) is 6.22. The van der Waals surface area contributed by atoms with Crippen LogP contribution in [0.25, 0.3) is 0 Å². The predicted octanol–water partition coefficient (Wildman–Crippen LogP) is 2.34. The van der Waals surface area contributed by atoms with Crippen molar-refractivity contribution < 1.29 is 24.0 Å². The highest BCUT2D eigenvalue weighted by Gasteiger charge is 2.20. The summed E-state index contributed by atoms with van der Waals surface area (Å²) < 4.78 is 4.84. The van der Waals surface area contributed by atoms with Crippen LogP contribution in [0.2, 0.25) is 0 Å². The monoisotopic (exact) mass is 392 g/mol. The Morgan fingerprint density at radius 2 is 1.93 bits per heavy atom. The average Bonchev–Trinajstić information content (AvgIpc) is 2.67. The van der Waals surface area contributed by atoms with Gasteiger partial charge in [-0.15, -0.1) is 0 Å². The lowest BCUT2D eigenvalue weighted by Gasteiger charge is -2.22. The van der Waals surface area contributed by atoms with E-state index in [0.29, 0.717) is 6.54 Å². The maximum Gasteiger partial charge on any atom is 0.338 e. The van der Waals surface area contributed by atoms with Crippen molar-refractivity contribution in [3.63, 3.8) is 0 Å². The van der Waals surface area contributed by atoms with Crippen molar-refractivity contribution in [3.05, 3.63) is 33.9 Å². The molecule has 0 aliphatic heterocycles. The van der Waals surface area contributed by atoms with Crippen LogP contribution < -0.4 is 16.0 Å². The summed E-state index contributed by atoms with van der Waals surface area (Å²) >= 11 is 0. The molecule has 0 aromatic heterocycles. The molecule has 0 spiro atoms. The van der Waals surface area contributed by atoms with Crippen molar-refractivity contribution in [2.24, 2.45) is 0 Å². The van der Waals surface area contributed by atoms with Crippen LogP contribution in [0.1, 0.15) is 49.4 Å². The van der Waals surface area contributed by atoms with Gasteiger partial charge in [0.15, 0.2) is 6.61 Å². The number of nitrogens with zero attached hydrogens (tertiary/aromatic N) is 1. The Morgan fingerprint density at radius 1 is 1.21 bits per heavy atom. The number of ether oxygens (including phenoxy) is 1. The fourth-order valence-electron chi connectivity index (χ4n) is 3.00. The molecule has 10 heteroatoms. The summed E-state index contributed by atoms with van der Waals surface area (Å²) in [6.45, 7) is 1.60. The normalized spacial score (nSPS) is 14.0. The van der Waals surface area contributed by atoms with E-state index in [2.05, 4.69) is 16.0 Å². The summed E-state index contributed by atoms with van der Waals surface area (Å²) in [5.74, 6) is -1.67. The zero-order chi connectivity index (χ0) is 20.5. The highest BCUT2D eigenvalue weighted by molar-refractivity contribution is 5.97. The van der Waals surface area contributed by atoms with Crippen LogP contribution in [0, 0.1) is 10.1 Å². The standard InChI is InChI=1S/C18H24N4O6/c1-2-19-14-9-8-12(10-15(14)22(26)27)17(24)28-11-16(23)21-18(25)20-13-6-4-3-5-7-13/h8-10,13,19H,2-7,11H2,1H3,(H2,20,21,23,25). The van der Waals surface area contributed by atoms with Crippen LogP contribution in [0.15, 0.2) is 18.2 Å². The molecule has 1 aromatic rings. The molecule has 2 rings (SSSR count). The average molecular weight is 392 g/mol. The van der Waals surface area contributed by atoms with Gasteiger partial charge < -0.3 is 15.4 Å². The Morgan fingerprint density at radius 3 is 2.57 bits per heavy atom. The van der Waals surface area contributed by atoms with E-state index in [1.54, 1.807) is 6.92 Å². The van der Waals surface area contributed by atoms with Crippen LogP contribution in [-0.4, -0.2) is 42.0 Å². The Balaban J connectivity index is 1.85. The van der Waals surface area contributed by atoms with Crippen molar-refractivity contribution in [3.8, 4) is 0 Å². The number of amides is 3.